The van der Waals surface area contributed by atoms with Gasteiger partial charge in [-0.3, -0.25) is 14.5 Å². The Bertz CT molecular complexity index is 1080. The van der Waals surface area contributed by atoms with E-state index in [-0.39, 0.29) is 6.54 Å². The van der Waals surface area contributed by atoms with Crippen LogP contribution in [0.25, 0.3) is 10.2 Å². The molecule has 0 fully saturated rings. The fourth-order valence-electron chi connectivity index (χ4n) is 3.13. The fourth-order valence-corrected chi connectivity index (χ4v) is 4.64. The number of carbonyl (C=O) groups excluding carboxylic acids is 1. The van der Waals surface area contributed by atoms with Gasteiger partial charge in [-0.05, 0) is 30.7 Å². The third kappa shape index (κ3) is 3.30. The van der Waals surface area contributed by atoms with Crippen molar-refractivity contribution in [2.24, 2.45) is 0 Å². The number of aliphatic carboxylic acids is 1. The predicted molar refractivity (Wildman–Crippen MR) is 109 cm³/mol. The maximum Gasteiger partial charge on any atom is 0.307 e. The number of hydrogen-bond donors (Lipinski definition) is 1. The first kappa shape index (κ1) is 19.0. The minimum Gasteiger partial charge on any atom is -0.481 e. The molecule has 9 heteroatoms. The molecule has 1 aromatic heterocycles. The highest BCUT2D eigenvalue weighted by molar-refractivity contribution is 7.19. The van der Waals surface area contributed by atoms with E-state index in [9.17, 15) is 9.59 Å². The monoisotopic (exact) mass is 436 g/mol. The van der Waals surface area contributed by atoms with Crippen molar-refractivity contribution in [2.75, 3.05) is 4.90 Å². The molecule has 0 spiro atoms. The van der Waals surface area contributed by atoms with Crippen molar-refractivity contribution in [2.45, 2.75) is 26.0 Å². The van der Waals surface area contributed by atoms with Crippen molar-refractivity contribution in [1.29, 1.82) is 0 Å². The number of ether oxygens (including phenoxy) is 1. The van der Waals surface area contributed by atoms with Gasteiger partial charge in [-0.1, -0.05) is 35.3 Å². The number of anilines is 1. The van der Waals surface area contributed by atoms with Gasteiger partial charge in [0.25, 0.3) is 5.91 Å². The molecule has 1 aliphatic heterocycles. The maximum absolute atomic E-state index is 13.0. The third-order valence-electron chi connectivity index (χ3n) is 4.43. The number of rotatable bonds is 4. The lowest BCUT2D eigenvalue weighted by molar-refractivity contribution is -0.142. The van der Waals surface area contributed by atoms with Gasteiger partial charge in [0.2, 0.25) is 0 Å². The highest BCUT2D eigenvalue weighted by Gasteiger charge is 2.37. The van der Waals surface area contributed by atoms with Crippen molar-refractivity contribution in [3.63, 3.8) is 0 Å². The van der Waals surface area contributed by atoms with Gasteiger partial charge in [-0.25, -0.2) is 4.98 Å². The Hall–Kier alpha value is -2.35. The van der Waals surface area contributed by atoms with E-state index in [1.54, 1.807) is 18.2 Å². The van der Waals surface area contributed by atoms with E-state index in [4.69, 9.17) is 33.0 Å². The minimum atomic E-state index is -1.10. The molecule has 2 aromatic carbocycles. The second-order valence-corrected chi connectivity index (χ2v) is 8.26. The van der Waals surface area contributed by atoms with E-state index in [2.05, 4.69) is 4.98 Å². The number of aromatic nitrogens is 1. The standard InChI is InChI=1S/C19H14Cl2N2O4S/c1-9-3-2-4-12-17(9)27-13(7-15(24)25)19(26)23(12)8-14-22-16-10(20)5-6-11(21)18(16)28-14/h2-6,13H,7-8H2,1H3,(H,24,25). The number of carboxylic acid groups (broad SMARTS) is 1. The Morgan fingerprint density at radius 1 is 1.29 bits per heavy atom. The molecule has 0 radical (unpaired) electrons. The first-order valence-electron chi connectivity index (χ1n) is 8.38. The molecule has 28 heavy (non-hydrogen) atoms. The van der Waals surface area contributed by atoms with Gasteiger partial charge < -0.3 is 9.84 Å². The molecule has 3 aromatic rings. The number of nitrogens with zero attached hydrogens (tertiary/aromatic N) is 2. The number of carboxylic acids is 1. The van der Waals surface area contributed by atoms with Gasteiger partial charge in [0.05, 0.1) is 33.4 Å². The number of aryl methyl sites for hydroxylation is 1. The molecule has 1 atom stereocenters. The Morgan fingerprint density at radius 2 is 2.04 bits per heavy atom. The first-order valence-corrected chi connectivity index (χ1v) is 9.95. The number of hydrogen-bond acceptors (Lipinski definition) is 5. The normalized spacial score (nSPS) is 16.2. The highest BCUT2D eigenvalue weighted by atomic mass is 35.5. The quantitative estimate of drug-likeness (QED) is 0.641. The van der Waals surface area contributed by atoms with Crippen LogP contribution >= 0.6 is 34.5 Å². The van der Waals surface area contributed by atoms with Crippen molar-refractivity contribution < 1.29 is 19.4 Å². The molecule has 4 rings (SSSR count). The Morgan fingerprint density at radius 3 is 2.75 bits per heavy atom. The van der Waals surface area contributed by atoms with Crippen LogP contribution < -0.4 is 9.64 Å². The second kappa shape index (κ2) is 7.24. The van der Waals surface area contributed by atoms with Gasteiger partial charge in [-0.15, -0.1) is 11.3 Å². The van der Waals surface area contributed by atoms with Gasteiger partial charge >= 0.3 is 5.97 Å². The lowest BCUT2D eigenvalue weighted by atomic mass is 10.1. The van der Waals surface area contributed by atoms with E-state index in [0.717, 1.165) is 10.3 Å². The molecule has 1 amide bonds. The topological polar surface area (TPSA) is 79.7 Å². The van der Waals surface area contributed by atoms with Crippen molar-refractivity contribution in [3.8, 4) is 5.75 Å². The van der Waals surface area contributed by atoms with Crippen LogP contribution in [-0.2, 0) is 16.1 Å². The average molecular weight is 437 g/mol. The van der Waals surface area contributed by atoms with E-state index in [1.807, 2.05) is 19.1 Å². The number of benzene rings is 2. The summed E-state index contributed by atoms with van der Waals surface area (Å²) in [4.78, 5) is 30.2. The van der Waals surface area contributed by atoms with Gasteiger partial charge in [0.15, 0.2) is 6.10 Å². The molecular formula is C19H14Cl2N2O4S. The summed E-state index contributed by atoms with van der Waals surface area (Å²) in [6.45, 7) is 2.02. The van der Waals surface area contributed by atoms with Crippen LogP contribution in [0.3, 0.4) is 0 Å². The minimum absolute atomic E-state index is 0.167. The second-order valence-electron chi connectivity index (χ2n) is 6.37. The smallest absolute Gasteiger partial charge is 0.307 e. The van der Waals surface area contributed by atoms with E-state index >= 15 is 0 Å². The Kier molecular flexibility index (Phi) is 4.91. The lowest BCUT2D eigenvalue weighted by Gasteiger charge is -2.34. The third-order valence-corrected chi connectivity index (χ3v) is 6.23. The van der Waals surface area contributed by atoms with Crippen molar-refractivity contribution in [3.05, 3.63) is 50.9 Å². The van der Waals surface area contributed by atoms with Crippen molar-refractivity contribution in [1.82, 2.24) is 4.98 Å². The zero-order chi connectivity index (χ0) is 20.0. The summed E-state index contributed by atoms with van der Waals surface area (Å²) in [5.74, 6) is -1.02. The van der Waals surface area contributed by atoms with E-state index in [0.29, 0.717) is 32.0 Å². The fraction of sp³-hybridized carbons (Fsp3) is 0.211. The summed E-state index contributed by atoms with van der Waals surface area (Å²) in [5.41, 5.74) is 1.99. The molecule has 0 saturated carbocycles. The molecular weight excluding hydrogens is 423 g/mol. The van der Waals surface area contributed by atoms with Crippen LogP contribution in [-0.4, -0.2) is 28.1 Å². The number of amides is 1. The summed E-state index contributed by atoms with van der Waals surface area (Å²) < 4.78 is 6.47. The SMILES string of the molecule is Cc1cccc2c1OC(CC(=O)O)C(=O)N2Cc1nc2c(Cl)ccc(Cl)c2s1. The molecule has 1 unspecified atom stereocenters. The Balaban J connectivity index is 1.76. The number of thiazole rings is 1. The summed E-state index contributed by atoms with van der Waals surface area (Å²) in [6.07, 6.45) is -1.51. The lowest BCUT2D eigenvalue weighted by Crippen LogP contribution is -2.46. The molecule has 2 heterocycles. The molecule has 144 valence electrons. The van der Waals surface area contributed by atoms with Crippen LogP contribution in [0.2, 0.25) is 10.0 Å². The largest absolute Gasteiger partial charge is 0.481 e. The molecule has 1 aliphatic rings. The number of para-hydroxylation sites is 1. The summed E-state index contributed by atoms with van der Waals surface area (Å²) in [6, 6.07) is 8.82. The molecule has 0 saturated heterocycles. The average Bonchev–Trinajstić information content (AvgIpc) is 3.07. The molecule has 0 aliphatic carbocycles. The molecule has 1 N–H and O–H groups in total. The van der Waals surface area contributed by atoms with Crippen LogP contribution in [0, 0.1) is 6.92 Å². The first-order chi connectivity index (χ1) is 13.3. The summed E-state index contributed by atoms with van der Waals surface area (Å²) >= 11 is 13.8. The summed E-state index contributed by atoms with van der Waals surface area (Å²) in [5, 5.41) is 10.8. The number of fused-ring (bicyclic) bond motifs is 2. The summed E-state index contributed by atoms with van der Waals surface area (Å²) in [7, 11) is 0. The van der Waals surface area contributed by atoms with Gasteiger partial charge in [0, 0.05) is 0 Å². The van der Waals surface area contributed by atoms with Crippen LogP contribution in [0.5, 0.6) is 5.75 Å². The number of halogens is 2. The van der Waals surface area contributed by atoms with Gasteiger partial charge in [0.1, 0.15) is 16.3 Å². The highest BCUT2D eigenvalue weighted by Crippen LogP contribution is 2.40. The van der Waals surface area contributed by atoms with Crippen molar-refractivity contribution >= 4 is 62.3 Å². The maximum atomic E-state index is 13.0. The van der Waals surface area contributed by atoms with Crippen LogP contribution in [0.15, 0.2) is 30.3 Å². The molecule has 6 nitrogen and oxygen atoms in total. The predicted octanol–water partition coefficient (Wildman–Crippen LogP) is 4.68. The van der Waals surface area contributed by atoms with Crippen LogP contribution in [0.4, 0.5) is 5.69 Å². The zero-order valence-corrected chi connectivity index (χ0v) is 16.9. The number of carbonyl (C=O) groups is 2. The Labute approximate surface area is 174 Å². The van der Waals surface area contributed by atoms with Crippen LogP contribution in [0.1, 0.15) is 17.0 Å². The van der Waals surface area contributed by atoms with Gasteiger partial charge in [-0.2, -0.15) is 0 Å². The zero-order valence-electron chi connectivity index (χ0n) is 14.6. The van der Waals surface area contributed by atoms with E-state index < -0.39 is 24.4 Å². The van der Waals surface area contributed by atoms with E-state index in [1.165, 1.54) is 16.2 Å². The molecule has 0 bridgehead atoms.